The molecule has 2 amide bonds. The van der Waals surface area contributed by atoms with Gasteiger partial charge in [-0.1, -0.05) is 59.8 Å². The first-order valence-corrected chi connectivity index (χ1v) is 15.6. The van der Waals surface area contributed by atoms with Crippen LogP contribution in [-0.4, -0.2) is 85.2 Å². The van der Waals surface area contributed by atoms with Crippen molar-refractivity contribution in [2.75, 3.05) is 19.7 Å². The highest BCUT2D eigenvalue weighted by Gasteiger charge is 2.35. The van der Waals surface area contributed by atoms with E-state index in [4.69, 9.17) is 21.4 Å². The Morgan fingerprint density at radius 3 is 2.47 bits per heavy atom. The maximum absolute atomic E-state index is 13.3. The second-order valence-electron chi connectivity index (χ2n) is 10.1. The number of piperidine rings is 1. The number of hydrogen-bond donors (Lipinski definition) is 6. The number of carbonyl (C=O) groups is 2. The fraction of sp³-hybridized carbons (Fsp3) is 0.407. The van der Waals surface area contributed by atoms with Crippen LogP contribution >= 0.6 is 0 Å². The molecule has 1 aliphatic rings. The number of oxime groups is 1. The molecule has 8 N–H and O–H groups in total. The summed E-state index contributed by atoms with van der Waals surface area (Å²) in [5.74, 6) is -2.21. The standard InChI is InChI=1S/C27H37N9O8S/c1-2-44-26-21(9-6-14-35(26)27(29)32-36(40)41)31-23(37)16-30-25(38)22(15-18-10-12-20(13-11-18)24(28)33-39)34-45(42,43)17-19-7-4-3-5-8-19/h3-5,7-8,10-13,21-22,26,34,39H,2,6,9,14-17H2,1H3,(H2,28,33)(H2,29,32)(H,30,38)(H,31,37)/t21?,22-,26?/m1/s1. The molecule has 0 saturated carbocycles. The third kappa shape index (κ3) is 10.7. The number of sulfonamides is 1. The molecule has 0 radical (unpaired) electrons. The number of guanidine groups is 1. The van der Waals surface area contributed by atoms with Crippen LogP contribution in [0.4, 0.5) is 0 Å². The Hall–Kier alpha value is -4.81. The highest BCUT2D eigenvalue weighted by atomic mass is 32.2. The molecule has 1 saturated heterocycles. The normalized spacial score (nSPS) is 18.2. The zero-order valence-corrected chi connectivity index (χ0v) is 25.4. The van der Waals surface area contributed by atoms with Crippen LogP contribution in [0.1, 0.15) is 36.5 Å². The average molecular weight is 648 g/mol. The number of amides is 2. The predicted octanol–water partition coefficient (Wildman–Crippen LogP) is -0.622. The van der Waals surface area contributed by atoms with E-state index in [1.807, 2.05) is 0 Å². The van der Waals surface area contributed by atoms with E-state index in [-0.39, 0.29) is 30.6 Å². The summed E-state index contributed by atoms with van der Waals surface area (Å²) < 4.78 is 34.2. The van der Waals surface area contributed by atoms with Gasteiger partial charge in [-0.05, 0) is 37.3 Å². The lowest BCUT2D eigenvalue weighted by atomic mass is 10.0. The quantitative estimate of drug-likeness (QED) is 0.0495. The lowest BCUT2D eigenvalue weighted by Gasteiger charge is -2.40. The summed E-state index contributed by atoms with van der Waals surface area (Å²) in [4.78, 5) is 38.4. The minimum absolute atomic E-state index is 0.0724. The number of ether oxygens (including phenoxy) is 1. The number of nitrogens with two attached hydrogens (primary N) is 2. The van der Waals surface area contributed by atoms with Gasteiger partial charge in [0.05, 0.1) is 18.3 Å². The lowest BCUT2D eigenvalue weighted by Crippen LogP contribution is -2.60. The Balaban J connectivity index is 1.71. The van der Waals surface area contributed by atoms with Crippen LogP contribution in [0.2, 0.25) is 0 Å². The fourth-order valence-corrected chi connectivity index (χ4v) is 6.11. The van der Waals surface area contributed by atoms with Crippen molar-refractivity contribution in [3.63, 3.8) is 0 Å². The molecule has 1 aliphatic heterocycles. The van der Waals surface area contributed by atoms with Crippen molar-refractivity contribution in [1.29, 1.82) is 0 Å². The lowest BCUT2D eigenvalue weighted by molar-refractivity contribution is -0.486. The Morgan fingerprint density at radius 1 is 1.16 bits per heavy atom. The number of hydrogen-bond acceptors (Lipinski definition) is 9. The average Bonchev–Trinajstić information content (AvgIpc) is 3.00. The zero-order chi connectivity index (χ0) is 33.0. The van der Waals surface area contributed by atoms with Gasteiger partial charge in [0.1, 0.15) is 11.1 Å². The largest absolute Gasteiger partial charge is 0.409 e. The molecular weight excluding hydrogens is 610 g/mol. The molecule has 0 spiro atoms. The van der Waals surface area contributed by atoms with Crippen LogP contribution in [0.15, 0.2) is 64.9 Å². The minimum atomic E-state index is -4.00. The maximum atomic E-state index is 13.3. The van der Waals surface area contributed by atoms with E-state index in [0.29, 0.717) is 36.1 Å². The number of amidine groups is 1. The van der Waals surface area contributed by atoms with Crippen LogP contribution in [0, 0.1) is 10.1 Å². The maximum Gasteiger partial charge on any atom is 0.270 e. The molecule has 2 aromatic rings. The summed E-state index contributed by atoms with van der Waals surface area (Å²) in [6, 6.07) is 12.8. The van der Waals surface area contributed by atoms with E-state index in [2.05, 4.69) is 25.6 Å². The van der Waals surface area contributed by atoms with E-state index < -0.39 is 51.7 Å². The number of nitro groups is 1. The first kappa shape index (κ1) is 34.7. The molecule has 0 bridgehead atoms. The monoisotopic (exact) mass is 647 g/mol. The molecule has 2 aromatic carbocycles. The molecule has 3 atom stereocenters. The molecule has 3 rings (SSSR count). The molecule has 244 valence electrons. The highest BCUT2D eigenvalue weighted by molar-refractivity contribution is 7.88. The smallest absolute Gasteiger partial charge is 0.270 e. The molecule has 1 heterocycles. The van der Waals surface area contributed by atoms with E-state index >= 15 is 0 Å². The molecule has 18 heteroatoms. The molecule has 0 aliphatic carbocycles. The van der Waals surface area contributed by atoms with Crippen LogP contribution in [0.5, 0.6) is 0 Å². The Bertz CT molecular complexity index is 1490. The van der Waals surface area contributed by atoms with Crippen LogP contribution in [0.25, 0.3) is 0 Å². The topological polar surface area (TPSA) is 257 Å². The number of hydrazone groups is 1. The fourth-order valence-electron chi connectivity index (χ4n) is 4.77. The van der Waals surface area contributed by atoms with Gasteiger partial charge in [0.15, 0.2) is 17.1 Å². The Kier molecular flexibility index (Phi) is 12.6. The molecule has 1 fully saturated rings. The molecule has 17 nitrogen and oxygen atoms in total. The predicted molar refractivity (Wildman–Crippen MR) is 164 cm³/mol. The van der Waals surface area contributed by atoms with Gasteiger partial charge in [0.2, 0.25) is 21.8 Å². The summed E-state index contributed by atoms with van der Waals surface area (Å²) in [6.07, 6.45) is 0.0827. The third-order valence-corrected chi connectivity index (χ3v) is 8.14. The number of likely N-dealkylation sites (tertiary alicyclic amines) is 1. The molecular formula is C27H37N9O8S. The van der Waals surface area contributed by atoms with Crippen LogP contribution < -0.4 is 26.8 Å². The van der Waals surface area contributed by atoms with E-state index in [1.54, 1.807) is 61.5 Å². The number of nitrogens with one attached hydrogen (secondary N) is 3. The Morgan fingerprint density at radius 2 is 1.84 bits per heavy atom. The number of carbonyl (C=O) groups excluding carboxylic acids is 2. The van der Waals surface area contributed by atoms with E-state index in [0.717, 1.165) is 0 Å². The SMILES string of the molecule is CCOC1C(NC(=O)CNC(=O)[C@@H](Cc2ccc(/C(N)=N/O)cc2)NS(=O)(=O)Cc2ccccc2)CCCN1/C(N)=N/[N+](=O)[O-]. The summed E-state index contributed by atoms with van der Waals surface area (Å²) in [5.41, 5.74) is 12.9. The van der Waals surface area contributed by atoms with Gasteiger partial charge < -0.3 is 36.9 Å². The third-order valence-electron chi connectivity index (χ3n) is 6.79. The number of nitrogens with zero attached hydrogens (tertiary/aromatic N) is 4. The molecule has 2 unspecified atom stereocenters. The second-order valence-corrected chi connectivity index (χ2v) is 11.8. The summed E-state index contributed by atoms with van der Waals surface area (Å²) in [7, 11) is -4.00. The van der Waals surface area contributed by atoms with Gasteiger partial charge in [0.25, 0.3) is 5.96 Å². The first-order chi connectivity index (χ1) is 21.4. The highest BCUT2D eigenvalue weighted by Crippen LogP contribution is 2.19. The van der Waals surface area contributed by atoms with Crippen LogP contribution in [-0.2, 0) is 36.5 Å². The molecule has 45 heavy (non-hydrogen) atoms. The van der Waals surface area contributed by atoms with Gasteiger partial charge in [-0.3, -0.25) is 9.59 Å². The van der Waals surface area contributed by atoms with Crippen molar-refractivity contribution in [3.05, 3.63) is 81.4 Å². The number of benzene rings is 2. The summed E-state index contributed by atoms with van der Waals surface area (Å²) >= 11 is 0. The van der Waals surface area contributed by atoms with Gasteiger partial charge in [-0.15, -0.1) is 0 Å². The van der Waals surface area contributed by atoms with Gasteiger partial charge >= 0.3 is 0 Å². The van der Waals surface area contributed by atoms with Crippen molar-refractivity contribution in [2.24, 2.45) is 21.7 Å². The van der Waals surface area contributed by atoms with E-state index in [9.17, 15) is 28.1 Å². The Labute approximate surface area is 259 Å². The van der Waals surface area contributed by atoms with Crippen molar-refractivity contribution in [1.82, 2.24) is 20.3 Å². The summed E-state index contributed by atoms with van der Waals surface area (Å²) in [6.45, 7) is 1.77. The molecule has 0 aromatic heterocycles. The first-order valence-electron chi connectivity index (χ1n) is 14.0. The van der Waals surface area contributed by atoms with Crippen molar-refractivity contribution in [3.8, 4) is 0 Å². The van der Waals surface area contributed by atoms with Crippen molar-refractivity contribution >= 4 is 33.6 Å². The number of rotatable bonds is 14. The van der Waals surface area contributed by atoms with Crippen LogP contribution in [0.3, 0.4) is 0 Å². The van der Waals surface area contributed by atoms with Gasteiger partial charge in [-0.25, -0.2) is 23.3 Å². The zero-order valence-electron chi connectivity index (χ0n) is 24.5. The van der Waals surface area contributed by atoms with Gasteiger partial charge in [-0.2, -0.15) is 0 Å². The van der Waals surface area contributed by atoms with Crippen molar-refractivity contribution < 1.29 is 33.0 Å². The van der Waals surface area contributed by atoms with Gasteiger partial charge in [0, 0.05) is 18.7 Å². The van der Waals surface area contributed by atoms with Crippen molar-refractivity contribution in [2.45, 2.75) is 50.3 Å². The second kappa shape index (κ2) is 16.3. The summed E-state index contributed by atoms with van der Waals surface area (Å²) in [5, 5.41) is 30.1. The minimum Gasteiger partial charge on any atom is -0.409 e. The van der Waals surface area contributed by atoms with E-state index in [1.165, 1.54) is 4.90 Å².